The Morgan fingerprint density at radius 3 is 2.46 bits per heavy atom. The summed E-state index contributed by atoms with van der Waals surface area (Å²) in [7, 11) is 2.12. The highest BCUT2D eigenvalue weighted by Gasteiger charge is 2.17. The Morgan fingerprint density at radius 1 is 1.31 bits per heavy atom. The minimum Gasteiger partial charge on any atom is -0.395 e. The van der Waals surface area contributed by atoms with Crippen LogP contribution in [0.3, 0.4) is 0 Å². The van der Waals surface area contributed by atoms with E-state index in [0.29, 0.717) is 6.04 Å². The number of hydrogen-bond acceptors (Lipinski definition) is 2. The van der Waals surface area contributed by atoms with Crippen molar-refractivity contribution in [1.82, 2.24) is 4.90 Å². The second-order valence-corrected chi connectivity index (χ2v) is 4.48. The van der Waals surface area contributed by atoms with E-state index in [-0.39, 0.29) is 6.61 Å². The van der Waals surface area contributed by atoms with Gasteiger partial charge in [0.25, 0.3) is 0 Å². The summed E-state index contributed by atoms with van der Waals surface area (Å²) in [6.45, 7) is 3.54. The average Bonchev–Trinajstić information content (AvgIpc) is 2.18. The molecule has 0 aliphatic heterocycles. The standard InChI is InChI=1S/C11H23NO/c1-10(9-13)12(2)8-11-6-4-3-5-7-11/h10-11,13H,3-9H2,1-2H3. The lowest BCUT2D eigenvalue weighted by Crippen LogP contribution is -2.36. The molecule has 1 unspecified atom stereocenters. The fraction of sp³-hybridized carbons (Fsp3) is 1.00. The molecule has 0 amide bonds. The van der Waals surface area contributed by atoms with Crippen LogP contribution in [0.5, 0.6) is 0 Å². The topological polar surface area (TPSA) is 23.5 Å². The van der Waals surface area contributed by atoms with Gasteiger partial charge in [0.2, 0.25) is 0 Å². The third-order valence-electron chi connectivity index (χ3n) is 3.29. The number of rotatable bonds is 4. The molecule has 1 N–H and O–H groups in total. The minimum absolute atomic E-state index is 0.281. The van der Waals surface area contributed by atoms with E-state index < -0.39 is 0 Å². The molecule has 0 aromatic carbocycles. The van der Waals surface area contributed by atoms with Crippen LogP contribution >= 0.6 is 0 Å². The van der Waals surface area contributed by atoms with Gasteiger partial charge in [-0.05, 0) is 32.7 Å². The van der Waals surface area contributed by atoms with Gasteiger partial charge in [0, 0.05) is 12.6 Å². The molecule has 1 aliphatic carbocycles. The van der Waals surface area contributed by atoms with Crippen molar-refractivity contribution in [3.05, 3.63) is 0 Å². The number of hydrogen-bond donors (Lipinski definition) is 1. The molecule has 0 saturated heterocycles. The summed E-state index contributed by atoms with van der Waals surface area (Å²) in [5.41, 5.74) is 0. The van der Waals surface area contributed by atoms with E-state index in [0.717, 1.165) is 5.92 Å². The van der Waals surface area contributed by atoms with Crippen LogP contribution in [0.2, 0.25) is 0 Å². The SMILES string of the molecule is CC(CO)N(C)CC1CCCCC1. The van der Waals surface area contributed by atoms with Crippen LogP contribution in [-0.4, -0.2) is 36.2 Å². The zero-order valence-electron chi connectivity index (χ0n) is 9.00. The summed E-state index contributed by atoms with van der Waals surface area (Å²) in [5, 5.41) is 8.99. The third kappa shape index (κ3) is 3.65. The molecule has 1 atom stereocenters. The van der Waals surface area contributed by atoms with Crippen molar-refractivity contribution in [2.45, 2.75) is 45.1 Å². The van der Waals surface area contributed by atoms with Crippen LogP contribution in [0.4, 0.5) is 0 Å². The van der Waals surface area contributed by atoms with Crippen molar-refractivity contribution in [1.29, 1.82) is 0 Å². The Bertz CT molecular complexity index is 132. The summed E-state index contributed by atoms with van der Waals surface area (Å²) in [5.74, 6) is 0.882. The molecule has 0 bridgehead atoms. The van der Waals surface area contributed by atoms with Crippen LogP contribution in [0, 0.1) is 5.92 Å². The molecule has 78 valence electrons. The molecule has 0 spiro atoms. The number of nitrogens with zero attached hydrogens (tertiary/aromatic N) is 1. The van der Waals surface area contributed by atoms with Crippen LogP contribution in [0.25, 0.3) is 0 Å². The molecule has 0 aromatic rings. The van der Waals surface area contributed by atoms with Crippen LogP contribution < -0.4 is 0 Å². The van der Waals surface area contributed by atoms with E-state index in [9.17, 15) is 0 Å². The first-order valence-electron chi connectivity index (χ1n) is 5.55. The maximum Gasteiger partial charge on any atom is 0.0584 e. The maximum atomic E-state index is 8.99. The van der Waals surface area contributed by atoms with Gasteiger partial charge < -0.3 is 10.0 Å². The van der Waals surface area contributed by atoms with E-state index in [2.05, 4.69) is 18.9 Å². The van der Waals surface area contributed by atoms with E-state index in [1.165, 1.54) is 38.6 Å². The Kier molecular flexibility index (Phi) is 4.74. The summed E-state index contributed by atoms with van der Waals surface area (Å²) in [4.78, 5) is 2.29. The Hall–Kier alpha value is -0.0800. The lowest BCUT2D eigenvalue weighted by molar-refractivity contribution is 0.132. The smallest absolute Gasteiger partial charge is 0.0584 e. The van der Waals surface area contributed by atoms with Gasteiger partial charge in [0.15, 0.2) is 0 Å². The summed E-state index contributed by atoms with van der Waals surface area (Å²) < 4.78 is 0. The normalized spacial score (nSPS) is 22.2. The molecule has 0 heterocycles. The number of likely N-dealkylation sites (N-methyl/N-ethyl adjacent to an activating group) is 1. The predicted molar refractivity (Wildman–Crippen MR) is 55.8 cm³/mol. The molecular weight excluding hydrogens is 162 g/mol. The van der Waals surface area contributed by atoms with Crippen molar-refractivity contribution >= 4 is 0 Å². The molecular formula is C11H23NO. The summed E-state index contributed by atoms with van der Waals surface area (Å²) >= 11 is 0. The molecule has 13 heavy (non-hydrogen) atoms. The maximum absolute atomic E-state index is 8.99. The van der Waals surface area contributed by atoms with Gasteiger partial charge in [0.1, 0.15) is 0 Å². The van der Waals surface area contributed by atoms with Crippen molar-refractivity contribution in [2.24, 2.45) is 5.92 Å². The highest BCUT2D eigenvalue weighted by molar-refractivity contribution is 4.71. The lowest BCUT2D eigenvalue weighted by Gasteiger charge is -2.30. The predicted octanol–water partition coefficient (Wildman–Crippen LogP) is 1.88. The van der Waals surface area contributed by atoms with E-state index in [1.807, 2.05) is 0 Å². The Morgan fingerprint density at radius 2 is 1.92 bits per heavy atom. The molecule has 2 heteroatoms. The number of aliphatic hydroxyl groups excluding tert-OH is 1. The largest absolute Gasteiger partial charge is 0.395 e. The molecule has 0 radical (unpaired) electrons. The Labute approximate surface area is 81.9 Å². The van der Waals surface area contributed by atoms with Crippen molar-refractivity contribution in [3.8, 4) is 0 Å². The van der Waals surface area contributed by atoms with Crippen LogP contribution in [-0.2, 0) is 0 Å². The fourth-order valence-corrected chi connectivity index (χ4v) is 2.10. The fourth-order valence-electron chi connectivity index (χ4n) is 2.10. The van der Waals surface area contributed by atoms with Gasteiger partial charge in [-0.25, -0.2) is 0 Å². The molecule has 2 nitrogen and oxygen atoms in total. The van der Waals surface area contributed by atoms with Crippen molar-refractivity contribution in [2.75, 3.05) is 20.2 Å². The third-order valence-corrected chi connectivity index (χ3v) is 3.29. The average molecular weight is 185 g/mol. The van der Waals surface area contributed by atoms with Crippen LogP contribution in [0.15, 0.2) is 0 Å². The van der Waals surface area contributed by atoms with Gasteiger partial charge >= 0.3 is 0 Å². The van der Waals surface area contributed by atoms with Crippen LogP contribution in [0.1, 0.15) is 39.0 Å². The molecule has 0 aromatic heterocycles. The Balaban J connectivity index is 2.21. The molecule has 1 aliphatic rings. The second kappa shape index (κ2) is 5.61. The van der Waals surface area contributed by atoms with Gasteiger partial charge in [-0.1, -0.05) is 19.3 Å². The number of aliphatic hydroxyl groups is 1. The van der Waals surface area contributed by atoms with Crippen molar-refractivity contribution in [3.63, 3.8) is 0 Å². The molecule has 1 rings (SSSR count). The first-order valence-corrected chi connectivity index (χ1v) is 5.55. The lowest BCUT2D eigenvalue weighted by atomic mass is 9.89. The van der Waals surface area contributed by atoms with E-state index >= 15 is 0 Å². The van der Waals surface area contributed by atoms with Gasteiger partial charge in [-0.3, -0.25) is 0 Å². The van der Waals surface area contributed by atoms with E-state index in [1.54, 1.807) is 0 Å². The van der Waals surface area contributed by atoms with E-state index in [4.69, 9.17) is 5.11 Å². The highest BCUT2D eigenvalue weighted by Crippen LogP contribution is 2.24. The minimum atomic E-state index is 0.281. The second-order valence-electron chi connectivity index (χ2n) is 4.48. The van der Waals surface area contributed by atoms with Gasteiger partial charge in [0.05, 0.1) is 6.61 Å². The quantitative estimate of drug-likeness (QED) is 0.723. The van der Waals surface area contributed by atoms with Gasteiger partial charge in [-0.15, -0.1) is 0 Å². The van der Waals surface area contributed by atoms with Crippen molar-refractivity contribution < 1.29 is 5.11 Å². The molecule has 1 fully saturated rings. The monoisotopic (exact) mass is 185 g/mol. The zero-order valence-corrected chi connectivity index (χ0v) is 9.00. The van der Waals surface area contributed by atoms with Gasteiger partial charge in [-0.2, -0.15) is 0 Å². The summed E-state index contributed by atoms with van der Waals surface area (Å²) in [6, 6.07) is 0.321. The molecule has 1 saturated carbocycles. The zero-order chi connectivity index (χ0) is 9.68. The summed E-state index contributed by atoms with van der Waals surface area (Å²) in [6.07, 6.45) is 7.03. The first kappa shape index (κ1) is 11.0. The highest BCUT2D eigenvalue weighted by atomic mass is 16.3. The first-order chi connectivity index (χ1) is 6.24.